The fourth-order valence-electron chi connectivity index (χ4n) is 3.73. The Labute approximate surface area is 226 Å². The van der Waals surface area contributed by atoms with Gasteiger partial charge in [-0.1, -0.05) is 24.0 Å². The molecule has 3 aromatic carbocycles. The highest BCUT2D eigenvalue weighted by atomic mass is 19.1. The summed E-state index contributed by atoms with van der Waals surface area (Å²) in [6.07, 6.45) is -1.15. The second kappa shape index (κ2) is 14.0. The first-order valence-electron chi connectivity index (χ1n) is 12.2. The number of Topliss-reactive ketones (excluding diaryl/α,β-unsaturated/α-hetero) is 1. The summed E-state index contributed by atoms with van der Waals surface area (Å²) in [4.78, 5) is 38.3. The lowest BCUT2D eigenvalue weighted by molar-refractivity contribution is -0.126. The van der Waals surface area contributed by atoms with Crippen LogP contribution in [-0.2, 0) is 16.1 Å². The average molecular weight is 532 g/mol. The van der Waals surface area contributed by atoms with E-state index in [1.54, 1.807) is 72.6 Å². The Morgan fingerprint density at radius 2 is 1.59 bits per heavy atom. The van der Waals surface area contributed by atoms with Crippen molar-refractivity contribution in [2.75, 3.05) is 25.5 Å². The third-order valence-electron chi connectivity index (χ3n) is 5.69. The third-order valence-corrected chi connectivity index (χ3v) is 5.69. The second-order valence-corrected chi connectivity index (χ2v) is 9.07. The molecule has 0 aliphatic heterocycles. The Hall–Kier alpha value is -4.36. The van der Waals surface area contributed by atoms with E-state index in [-0.39, 0.29) is 23.8 Å². The van der Waals surface area contributed by atoms with Crippen molar-refractivity contribution in [2.24, 2.45) is 0 Å². The second-order valence-electron chi connectivity index (χ2n) is 9.07. The summed E-state index contributed by atoms with van der Waals surface area (Å²) in [5.41, 5.74) is 3.06. The summed E-state index contributed by atoms with van der Waals surface area (Å²) in [6, 6.07) is 18.5. The predicted octanol–water partition coefficient (Wildman–Crippen LogP) is 2.34. The number of nitrogens with one attached hydrogen (secondary N) is 2. The van der Waals surface area contributed by atoms with Gasteiger partial charge in [-0.25, -0.2) is 4.39 Å². The zero-order chi connectivity index (χ0) is 28.4. The van der Waals surface area contributed by atoms with Gasteiger partial charge in [0.2, 0.25) is 5.91 Å². The maximum Gasteiger partial charge on any atom is 0.251 e. The summed E-state index contributed by atoms with van der Waals surface area (Å²) in [7, 11) is 1.78. The van der Waals surface area contributed by atoms with Gasteiger partial charge in [0.1, 0.15) is 18.5 Å². The number of hydrogen-bond donors (Lipinski definition) is 4. The van der Waals surface area contributed by atoms with Crippen LogP contribution in [0, 0.1) is 17.7 Å². The Balaban J connectivity index is 1.53. The van der Waals surface area contributed by atoms with E-state index in [2.05, 4.69) is 22.5 Å². The fourth-order valence-corrected chi connectivity index (χ4v) is 3.73. The highest BCUT2D eigenvalue weighted by Gasteiger charge is 2.25. The van der Waals surface area contributed by atoms with Gasteiger partial charge in [-0.15, -0.1) is 0 Å². The highest BCUT2D eigenvalue weighted by molar-refractivity contribution is 5.98. The molecule has 0 unspecified atom stereocenters. The number of anilines is 1. The van der Waals surface area contributed by atoms with Crippen LogP contribution in [-0.4, -0.2) is 65.1 Å². The fraction of sp³-hybridized carbons (Fsp3) is 0.233. The molecule has 0 saturated carbocycles. The maximum absolute atomic E-state index is 13.3. The van der Waals surface area contributed by atoms with Crippen molar-refractivity contribution in [1.82, 2.24) is 10.2 Å². The van der Waals surface area contributed by atoms with Crippen LogP contribution in [0.4, 0.5) is 10.1 Å². The smallest absolute Gasteiger partial charge is 0.251 e. The zero-order valence-corrected chi connectivity index (χ0v) is 21.6. The van der Waals surface area contributed by atoms with E-state index in [1.165, 1.54) is 19.1 Å². The van der Waals surface area contributed by atoms with Gasteiger partial charge in [0.25, 0.3) is 5.91 Å². The molecule has 2 atom stereocenters. The molecule has 0 heterocycles. The van der Waals surface area contributed by atoms with E-state index in [9.17, 15) is 23.9 Å². The van der Waals surface area contributed by atoms with Crippen molar-refractivity contribution in [3.63, 3.8) is 0 Å². The summed E-state index contributed by atoms with van der Waals surface area (Å²) in [5.74, 6) is 4.27. The van der Waals surface area contributed by atoms with Crippen molar-refractivity contribution in [2.45, 2.75) is 25.6 Å². The molecule has 0 aliphatic carbocycles. The summed E-state index contributed by atoms with van der Waals surface area (Å²) in [6.45, 7) is 1.15. The number of ketones is 1. The van der Waals surface area contributed by atoms with E-state index >= 15 is 0 Å². The number of aliphatic hydroxyl groups is 2. The number of hydrogen-bond acceptors (Lipinski definition) is 6. The average Bonchev–Trinajstić information content (AvgIpc) is 2.90. The first kappa shape index (κ1) is 29.2. The molecule has 9 heteroatoms. The molecular formula is C30H30FN3O5. The van der Waals surface area contributed by atoms with Crippen LogP contribution in [0.5, 0.6) is 0 Å². The van der Waals surface area contributed by atoms with E-state index in [4.69, 9.17) is 5.11 Å². The SMILES string of the molecule is C[C@@H](O)[C@H](NC(=O)c1ccc(C#Cc2ccc(NC(=O)CN(C)Cc3cccc(F)c3)cc2)cc1)C(=O)CO. The summed E-state index contributed by atoms with van der Waals surface area (Å²) in [5, 5.41) is 23.9. The molecule has 0 aromatic heterocycles. The Morgan fingerprint density at radius 1 is 0.974 bits per heavy atom. The number of aliphatic hydroxyl groups excluding tert-OH is 2. The number of carbonyl (C=O) groups is 3. The number of likely N-dealkylation sites (N-methyl/N-ethyl adjacent to an activating group) is 1. The molecule has 3 aromatic rings. The molecule has 0 fully saturated rings. The van der Waals surface area contributed by atoms with Crippen LogP contribution in [0.2, 0.25) is 0 Å². The lowest BCUT2D eigenvalue weighted by atomic mass is 10.1. The van der Waals surface area contributed by atoms with Crippen molar-refractivity contribution in [1.29, 1.82) is 0 Å². The van der Waals surface area contributed by atoms with Gasteiger partial charge in [0.05, 0.1) is 12.6 Å². The summed E-state index contributed by atoms with van der Waals surface area (Å²) < 4.78 is 13.3. The minimum atomic E-state index is -1.20. The number of halogens is 1. The van der Waals surface area contributed by atoms with Gasteiger partial charge in [0.15, 0.2) is 5.78 Å². The number of amides is 2. The Morgan fingerprint density at radius 3 is 2.15 bits per heavy atom. The monoisotopic (exact) mass is 531 g/mol. The van der Waals surface area contributed by atoms with E-state index in [0.29, 0.717) is 17.8 Å². The van der Waals surface area contributed by atoms with Crippen LogP contribution in [0.25, 0.3) is 0 Å². The molecule has 0 bridgehead atoms. The normalized spacial score (nSPS) is 12.2. The van der Waals surface area contributed by atoms with Crippen LogP contribution in [0.1, 0.15) is 34.0 Å². The number of benzene rings is 3. The quantitative estimate of drug-likeness (QED) is 0.298. The van der Waals surface area contributed by atoms with Crippen LogP contribution < -0.4 is 10.6 Å². The molecule has 0 aliphatic rings. The van der Waals surface area contributed by atoms with Crippen LogP contribution >= 0.6 is 0 Å². The molecular weight excluding hydrogens is 501 g/mol. The molecule has 39 heavy (non-hydrogen) atoms. The van der Waals surface area contributed by atoms with Crippen molar-refractivity contribution < 1.29 is 29.0 Å². The molecule has 0 spiro atoms. The maximum atomic E-state index is 13.3. The molecule has 202 valence electrons. The first-order chi connectivity index (χ1) is 18.6. The van der Waals surface area contributed by atoms with Crippen LogP contribution in [0.3, 0.4) is 0 Å². The van der Waals surface area contributed by atoms with Gasteiger partial charge in [-0.05, 0) is 80.2 Å². The molecule has 0 radical (unpaired) electrons. The molecule has 4 N–H and O–H groups in total. The number of rotatable bonds is 10. The zero-order valence-electron chi connectivity index (χ0n) is 21.6. The van der Waals surface area contributed by atoms with Crippen LogP contribution in [0.15, 0.2) is 72.8 Å². The topological polar surface area (TPSA) is 119 Å². The van der Waals surface area contributed by atoms with Gasteiger partial charge >= 0.3 is 0 Å². The standard InChI is InChI=1S/C30H30FN3O5/c1-20(36)29(27(37)19-35)33-30(39)24-12-8-21(9-13-24)6-7-22-10-14-26(15-11-22)32-28(38)18-34(2)17-23-4-3-5-25(31)16-23/h3-5,8-16,20,29,35-36H,17-19H2,1-2H3,(H,32,38)(H,33,39)/t20-,29+/m1/s1. The Kier molecular flexibility index (Phi) is 10.5. The molecule has 2 amide bonds. The number of nitrogens with zero attached hydrogens (tertiary/aromatic N) is 1. The van der Waals surface area contributed by atoms with E-state index in [1.807, 2.05) is 0 Å². The highest BCUT2D eigenvalue weighted by Crippen LogP contribution is 2.11. The largest absolute Gasteiger partial charge is 0.391 e. The van der Waals surface area contributed by atoms with E-state index < -0.39 is 30.4 Å². The van der Waals surface area contributed by atoms with Crippen molar-refractivity contribution >= 4 is 23.3 Å². The Bertz CT molecular complexity index is 1360. The molecule has 3 rings (SSSR count). The van der Waals surface area contributed by atoms with E-state index in [0.717, 1.165) is 11.1 Å². The van der Waals surface area contributed by atoms with Gasteiger partial charge < -0.3 is 20.8 Å². The van der Waals surface area contributed by atoms with Gasteiger partial charge in [-0.3, -0.25) is 19.3 Å². The predicted molar refractivity (Wildman–Crippen MR) is 145 cm³/mol. The number of carbonyl (C=O) groups excluding carboxylic acids is 3. The van der Waals surface area contributed by atoms with Crippen molar-refractivity contribution in [3.8, 4) is 11.8 Å². The lowest BCUT2D eigenvalue weighted by Crippen LogP contribution is -2.48. The lowest BCUT2D eigenvalue weighted by Gasteiger charge is -2.19. The molecule has 0 saturated heterocycles. The van der Waals surface area contributed by atoms with Gasteiger partial charge in [0, 0.05) is 28.9 Å². The van der Waals surface area contributed by atoms with Crippen molar-refractivity contribution in [3.05, 3.63) is 101 Å². The minimum Gasteiger partial charge on any atom is -0.391 e. The third kappa shape index (κ3) is 9.16. The molecule has 8 nitrogen and oxygen atoms in total. The minimum absolute atomic E-state index is 0.142. The van der Waals surface area contributed by atoms with Gasteiger partial charge in [-0.2, -0.15) is 0 Å². The summed E-state index contributed by atoms with van der Waals surface area (Å²) >= 11 is 0. The first-order valence-corrected chi connectivity index (χ1v) is 12.2.